The summed E-state index contributed by atoms with van der Waals surface area (Å²) >= 11 is 7.12. The maximum absolute atomic E-state index is 12.8. The van der Waals surface area contributed by atoms with Crippen molar-refractivity contribution >= 4 is 39.5 Å². The first-order valence-electron chi connectivity index (χ1n) is 10.7. The summed E-state index contributed by atoms with van der Waals surface area (Å²) in [5, 5.41) is 0. The monoisotopic (exact) mass is 459 g/mol. The molecular weight excluding hydrogens is 430 g/mol. The second-order valence-electron chi connectivity index (χ2n) is 7.26. The predicted molar refractivity (Wildman–Crippen MR) is 132 cm³/mol. The first-order chi connectivity index (χ1) is 15.0. The molecule has 0 aliphatic carbocycles. The summed E-state index contributed by atoms with van der Waals surface area (Å²) in [6.07, 6.45) is 1.91. The molecule has 3 aromatic rings. The average Bonchev–Trinajstić information content (AvgIpc) is 3.14. The summed E-state index contributed by atoms with van der Waals surface area (Å²) < 4.78 is 4.32. The number of nitrogens with one attached hydrogen (secondary N) is 1. The number of thiocarbonyl (C=S) groups is 1. The number of unbranched alkanes of at least 4 members (excludes halogenated alkanes) is 1. The van der Waals surface area contributed by atoms with Gasteiger partial charge in [0.05, 0.1) is 12.3 Å². The van der Waals surface area contributed by atoms with Crippen LogP contribution in [0.5, 0.6) is 0 Å². The number of rotatable bonds is 9. The van der Waals surface area contributed by atoms with E-state index in [9.17, 15) is 9.59 Å². The highest BCUT2D eigenvalue weighted by molar-refractivity contribution is 8.22. The topological polar surface area (TPSA) is 75.9 Å². The van der Waals surface area contributed by atoms with E-state index in [1.807, 2.05) is 34.9 Å². The lowest BCUT2D eigenvalue weighted by Crippen LogP contribution is -2.31. The number of aromatic nitrogens is 4. The largest absolute Gasteiger partial charge is 0.358 e. The summed E-state index contributed by atoms with van der Waals surface area (Å²) in [7, 11) is 0. The van der Waals surface area contributed by atoms with Gasteiger partial charge in [-0.1, -0.05) is 67.7 Å². The van der Waals surface area contributed by atoms with Crippen LogP contribution in [0.4, 0.5) is 0 Å². The molecule has 0 radical (unpaired) electrons. The molecule has 0 bridgehead atoms. The first kappa shape index (κ1) is 23.3. The van der Waals surface area contributed by atoms with Crippen molar-refractivity contribution in [3.8, 4) is 0 Å². The SMILES string of the molecule is CCCCn1c(CSC(=S)N(CC)CC)nc2c1c(=O)[nH]c(=O)n2Cc1ccccc1. The maximum Gasteiger partial charge on any atom is 0.330 e. The lowest BCUT2D eigenvalue weighted by molar-refractivity contribution is 0.482. The van der Waals surface area contributed by atoms with E-state index in [0.717, 1.165) is 41.6 Å². The van der Waals surface area contributed by atoms with Gasteiger partial charge in [-0.25, -0.2) is 9.78 Å². The van der Waals surface area contributed by atoms with E-state index in [0.29, 0.717) is 30.0 Å². The van der Waals surface area contributed by atoms with E-state index >= 15 is 0 Å². The van der Waals surface area contributed by atoms with Crippen molar-refractivity contribution < 1.29 is 0 Å². The van der Waals surface area contributed by atoms with Gasteiger partial charge in [0.15, 0.2) is 11.2 Å². The molecular formula is C22H29N5O2S2. The third kappa shape index (κ3) is 5.27. The Kier molecular flexibility index (Phi) is 8.09. The molecule has 1 aromatic carbocycles. The molecule has 0 aliphatic rings. The minimum absolute atomic E-state index is 0.349. The zero-order valence-corrected chi connectivity index (χ0v) is 19.9. The van der Waals surface area contributed by atoms with Crippen LogP contribution in [0.2, 0.25) is 0 Å². The minimum Gasteiger partial charge on any atom is -0.358 e. The molecule has 1 N–H and O–H groups in total. The Hall–Kier alpha value is -2.39. The van der Waals surface area contributed by atoms with Crippen LogP contribution in [0.25, 0.3) is 11.2 Å². The van der Waals surface area contributed by atoms with Crippen molar-refractivity contribution in [2.24, 2.45) is 0 Å². The van der Waals surface area contributed by atoms with E-state index < -0.39 is 11.2 Å². The Morgan fingerprint density at radius 2 is 1.84 bits per heavy atom. The zero-order chi connectivity index (χ0) is 22.4. The van der Waals surface area contributed by atoms with Gasteiger partial charge in [0, 0.05) is 19.6 Å². The van der Waals surface area contributed by atoms with Crippen molar-refractivity contribution in [3.63, 3.8) is 0 Å². The molecule has 0 saturated carbocycles. The van der Waals surface area contributed by atoms with Gasteiger partial charge in [-0.3, -0.25) is 14.3 Å². The molecule has 31 heavy (non-hydrogen) atoms. The quantitative estimate of drug-likeness (QED) is 0.493. The highest BCUT2D eigenvalue weighted by Crippen LogP contribution is 2.20. The van der Waals surface area contributed by atoms with Crippen molar-refractivity contribution in [3.05, 3.63) is 62.6 Å². The predicted octanol–water partition coefficient (Wildman–Crippen LogP) is 3.59. The summed E-state index contributed by atoms with van der Waals surface area (Å²) in [6, 6.07) is 9.70. The number of hydrogen-bond donors (Lipinski definition) is 1. The molecule has 0 amide bonds. The second kappa shape index (κ2) is 10.8. The molecule has 7 nitrogen and oxygen atoms in total. The van der Waals surface area contributed by atoms with Crippen LogP contribution < -0.4 is 11.2 Å². The number of fused-ring (bicyclic) bond motifs is 1. The number of nitrogens with zero attached hydrogens (tertiary/aromatic N) is 4. The van der Waals surface area contributed by atoms with Crippen molar-refractivity contribution in [1.29, 1.82) is 0 Å². The van der Waals surface area contributed by atoms with Gasteiger partial charge in [0.2, 0.25) is 0 Å². The molecule has 9 heteroatoms. The van der Waals surface area contributed by atoms with Crippen LogP contribution in [-0.2, 0) is 18.8 Å². The highest BCUT2D eigenvalue weighted by atomic mass is 32.2. The fraction of sp³-hybridized carbons (Fsp3) is 0.455. The molecule has 0 fully saturated rings. The van der Waals surface area contributed by atoms with Crippen LogP contribution >= 0.6 is 24.0 Å². The van der Waals surface area contributed by atoms with Crippen LogP contribution in [0.15, 0.2) is 39.9 Å². The van der Waals surface area contributed by atoms with Gasteiger partial charge in [-0.05, 0) is 25.8 Å². The zero-order valence-electron chi connectivity index (χ0n) is 18.3. The lowest BCUT2D eigenvalue weighted by Gasteiger charge is -2.20. The molecule has 3 rings (SSSR count). The molecule has 0 unspecified atom stereocenters. The maximum atomic E-state index is 12.8. The van der Waals surface area contributed by atoms with Crippen molar-refractivity contribution in [1.82, 2.24) is 24.0 Å². The lowest BCUT2D eigenvalue weighted by atomic mass is 10.2. The molecule has 166 valence electrons. The number of imidazole rings is 1. The van der Waals surface area contributed by atoms with Gasteiger partial charge < -0.3 is 9.47 Å². The second-order valence-corrected chi connectivity index (χ2v) is 8.87. The Labute approximate surface area is 191 Å². The molecule has 2 heterocycles. The van der Waals surface area contributed by atoms with E-state index in [-0.39, 0.29) is 0 Å². The van der Waals surface area contributed by atoms with E-state index in [1.54, 1.807) is 16.3 Å². The van der Waals surface area contributed by atoms with E-state index in [4.69, 9.17) is 17.2 Å². The minimum atomic E-state index is -0.445. The Morgan fingerprint density at radius 1 is 1.13 bits per heavy atom. The smallest absolute Gasteiger partial charge is 0.330 e. The van der Waals surface area contributed by atoms with Gasteiger partial charge in [-0.2, -0.15) is 0 Å². The number of benzene rings is 1. The van der Waals surface area contributed by atoms with Crippen molar-refractivity contribution in [2.45, 2.75) is 52.5 Å². The highest BCUT2D eigenvalue weighted by Gasteiger charge is 2.19. The Morgan fingerprint density at radius 3 is 2.48 bits per heavy atom. The normalized spacial score (nSPS) is 11.2. The number of hydrogen-bond acceptors (Lipinski definition) is 5. The average molecular weight is 460 g/mol. The number of aromatic amines is 1. The standard InChI is InChI=1S/C22H29N5O2S2/c1-4-7-13-26-17(15-31-22(30)25(5-2)6-3)23-19-18(26)20(28)24-21(29)27(19)14-16-11-9-8-10-12-16/h8-12H,4-7,13-15H2,1-3H3,(H,24,28,29). The third-order valence-corrected chi connectivity index (χ3v) is 6.75. The van der Waals surface area contributed by atoms with E-state index in [2.05, 4.69) is 30.7 Å². The Balaban J connectivity index is 2.06. The van der Waals surface area contributed by atoms with Gasteiger partial charge in [0.25, 0.3) is 5.56 Å². The molecule has 0 aliphatic heterocycles. The Bertz CT molecular complexity index is 1150. The third-order valence-electron chi connectivity index (χ3n) is 5.23. The van der Waals surface area contributed by atoms with Crippen LogP contribution in [0.3, 0.4) is 0 Å². The van der Waals surface area contributed by atoms with Crippen molar-refractivity contribution in [2.75, 3.05) is 13.1 Å². The van der Waals surface area contributed by atoms with Gasteiger partial charge in [-0.15, -0.1) is 0 Å². The summed E-state index contributed by atoms with van der Waals surface area (Å²) in [4.78, 5) is 34.8. The summed E-state index contributed by atoms with van der Waals surface area (Å²) in [6.45, 7) is 8.99. The molecule has 0 saturated heterocycles. The molecule has 0 atom stereocenters. The molecule has 0 spiro atoms. The fourth-order valence-electron chi connectivity index (χ4n) is 3.50. The van der Waals surface area contributed by atoms with Gasteiger partial charge >= 0.3 is 5.69 Å². The summed E-state index contributed by atoms with van der Waals surface area (Å²) in [5.41, 5.74) is 1.01. The van der Waals surface area contributed by atoms with Crippen LogP contribution in [-0.4, -0.2) is 41.4 Å². The first-order valence-corrected chi connectivity index (χ1v) is 12.1. The van der Waals surface area contributed by atoms with E-state index in [1.165, 1.54) is 0 Å². The fourth-order valence-corrected chi connectivity index (χ4v) is 4.85. The number of H-pyrrole nitrogens is 1. The van der Waals surface area contributed by atoms with Crippen LogP contribution in [0.1, 0.15) is 45.0 Å². The van der Waals surface area contributed by atoms with Crippen LogP contribution in [0, 0.1) is 0 Å². The summed E-state index contributed by atoms with van der Waals surface area (Å²) in [5.74, 6) is 1.31. The number of aryl methyl sites for hydroxylation is 1. The van der Waals surface area contributed by atoms with Gasteiger partial charge in [0.1, 0.15) is 10.1 Å². The number of thioether (sulfide) groups is 1. The molecule has 2 aromatic heterocycles.